The maximum atomic E-state index is 13.2. The van der Waals surface area contributed by atoms with E-state index in [0.29, 0.717) is 5.39 Å². The third-order valence-electron chi connectivity index (χ3n) is 5.35. The van der Waals surface area contributed by atoms with Crippen molar-refractivity contribution in [2.45, 2.75) is 45.7 Å². The van der Waals surface area contributed by atoms with E-state index in [4.69, 9.17) is 0 Å². The highest BCUT2D eigenvalue weighted by Crippen LogP contribution is 2.35. The summed E-state index contributed by atoms with van der Waals surface area (Å²) in [7, 11) is 0. The molecule has 3 heterocycles. The van der Waals surface area contributed by atoms with Crippen LogP contribution in [0.4, 0.5) is 0 Å². The van der Waals surface area contributed by atoms with Crippen LogP contribution in [0, 0.1) is 6.92 Å². The number of amides is 1. The molecule has 0 bridgehead atoms. The lowest BCUT2D eigenvalue weighted by molar-refractivity contribution is -0.135. The Kier molecular flexibility index (Phi) is 4.83. The second kappa shape index (κ2) is 7.27. The van der Waals surface area contributed by atoms with Crippen LogP contribution in [-0.4, -0.2) is 32.9 Å². The second-order valence-corrected chi connectivity index (χ2v) is 8.39. The highest BCUT2D eigenvalue weighted by Gasteiger charge is 2.24. The van der Waals surface area contributed by atoms with Crippen LogP contribution in [0.5, 0.6) is 0 Å². The van der Waals surface area contributed by atoms with E-state index in [1.807, 2.05) is 42.2 Å². The molecule has 1 aliphatic rings. The second-order valence-electron chi connectivity index (χ2n) is 7.19. The number of nitrogens with zero attached hydrogens (tertiary/aromatic N) is 3. The summed E-state index contributed by atoms with van der Waals surface area (Å²) in [5.74, 6) is -0.00124. The van der Waals surface area contributed by atoms with Gasteiger partial charge in [0.2, 0.25) is 5.91 Å². The highest BCUT2D eigenvalue weighted by molar-refractivity contribution is 7.19. The lowest BCUT2D eigenvalue weighted by Crippen LogP contribution is -2.44. The fourth-order valence-electron chi connectivity index (χ4n) is 3.91. The van der Waals surface area contributed by atoms with E-state index in [1.54, 1.807) is 0 Å². The van der Waals surface area contributed by atoms with E-state index in [9.17, 15) is 9.59 Å². The Hall–Kier alpha value is -2.47. The van der Waals surface area contributed by atoms with Gasteiger partial charge in [-0.2, -0.15) is 0 Å². The molecule has 1 atom stereocenters. The number of fused-ring (bicyclic) bond motifs is 1. The quantitative estimate of drug-likeness (QED) is 0.693. The number of thiophene rings is 1. The van der Waals surface area contributed by atoms with Gasteiger partial charge in [-0.3, -0.25) is 14.2 Å². The van der Waals surface area contributed by atoms with Crippen LogP contribution in [-0.2, 0) is 11.3 Å². The summed E-state index contributed by atoms with van der Waals surface area (Å²) in [6.07, 6.45) is 4.73. The minimum atomic E-state index is -0.138. The first-order chi connectivity index (χ1) is 13.1. The predicted molar refractivity (Wildman–Crippen MR) is 109 cm³/mol. The number of benzene rings is 1. The molecular weight excluding hydrogens is 358 g/mol. The van der Waals surface area contributed by atoms with Crippen molar-refractivity contribution >= 4 is 27.5 Å². The monoisotopic (exact) mass is 381 g/mol. The molecule has 0 N–H and O–H groups in total. The van der Waals surface area contributed by atoms with Crippen molar-refractivity contribution in [2.75, 3.05) is 6.54 Å². The fourth-order valence-corrected chi connectivity index (χ4v) is 4.91. The van der Waals surface area contributed by atoms with Crippen LogP contribution in [0.2, 0.25) is 0 Å². The van der Waals surface area contributed by atoms with Crippen molar-refractivity contribution in [3.63, 3.8) is 0 Å². The number of hydrogen-bond donors (Lipinski definition) is 0. The van der Waals surface area contributed by atoms with Crippen molar-refractivity contribution in [2.24, 2.45) is 0 Å². The predicted octanol–water partition coefficient (Wildman–Crippen LogP) is 3.83. The topological polar surface area (TPSA) is 55.2 Å². The molecular formula is C21H23N3O2S. The Morgan fingerprint density at radius 1 is 1.26 bits per heavy atom. The highest BCUT2D eigenvalue weighted by atomic mass is 32.1. The molecule has 4 rings (SSSR count). The summed E-state index contributed by atoms with van der Waals surface area (Å²) in [5.41, 5.74) is 1.80. The Bertz CT molecular complexity index is 1040. The van der Waals surface area contributed by atoms with Gasteiger partial charge in [-0.05, 0) is 38.7 Å². The van der Waals surface area contributed by atoms with Gasteiger partial charge in [-0.1, -0.05) is 30.3 Å². The Labute approximate surface area is 162 Å². The Morgan fingerprint density at radius 3 is 2.78 bits per heavy atom. The molecule has 140 valence electrons. The molecule has 1 aliphatic heterocycles. The van der Waals surface area contributed by atoms with Crippen LogP contribution in [0.25, 0.3) is 21.3 Å². The number of aromatic nitrogens is 2. The lowest BCUT2D eigenvalue weighted by Gasteiger charge is -2.33. The third kappa shape index (κ3) is 3.30. The SMILES string of the molecule is Cc1sc2ncn(CC(=O)N3CCCCC3C)c(=O)c2c1-c1ccccc1. The van der Waals surface area contributed by atoms with E-state index in [2.05, 4.69) is 11.9 Å². The van der Waals surface area contributed by atoms with E-state index in [1.165, 1.54) is 22.2 Å². The molecule has 27 heavy (non-hydrogen) atoms. The number of likely N-dealkylation sites (tertiary alicyclic amines) is 1. The van der Waals surface area contributed by atoms with Gasteiger partial charge in [0.25, 0.3) is 5.56 Å². The number of carbonyl (C=O) groups is 1. The van der Waals surface area contributed by atoms with Crippen molar-refractivity contribution in [3.8, 4) is 11.1 Å². The van der Waals surface area contributed by atoms with Gasteiger partial charge in [0.05, 0.1) is 11.7 Å². The maximum Gasteiger partial charge on any atom is 0.263 e. The lowest BCUT2D eigenvalue weighted by atomic mass is 10.0. The number of carbonyl (C=O) groups excluding carboxylic acids is 1. The van der Waals surface area contributed by atoms with Gasteiger partial charge in [0.1, 0.15) is 11.4 Å². The zero-order valence-corrected chi connectivity index (χ0v) is 16.5. The van der Waals surface area contributed by atoms with Crippen LogP contribution >= 0.6 is 11.3 Å². The van der Waals surface area contributed by atoms with Gasteiger partial charge in [0.15, 0.2) is 0 Å². The smallest absolute Gasteiger partial charge is 0.263 e. The summed E-state index contributed by atoms with van der Waals surface area (Å²) in [6.45, 7) is 4.92. The number of aryl methyl sites for hydroxylation is 1. The van der Waals surface area contributed by atoms with Gasteiger partial charge in [0, 0.05) is 23.0 Å². The van der Waals surface area contributed by atoms with Crippen LogP contribution < -0.4 is 5.56 Å². The summed E-state index contributed by atoms with van der Waals surface area (Å²) < 4.78 is 1.46. The minimum Gasteiger partial charge on any atom is -0.338 e. The third-order valence-corrected chi connectivity index (χ3v) is 6.36. The summed E-state index contributed by atoms with van der Waals surface area (Å²) in [6, 6.07) is 10.1. The zero-order chi connectivity index (χ0) is 19.0. The van der Waals surface area contributed by atoms with E-state index < -0.39 is 0 Å². The normalized spacial score (nSPS) is 17.4. The van der Waals surface area contributed by atoms with Crippen molar-refractivity contribution < 1.29 is 4.79 Å². The molecule has 1 amide bonds. The molecule has 0 spiro atoms. The molecule has 1 unspecified atom stereocenters. The van der Waals surface area contributed by atoms with E-state index >= 15 is 0 Å². The molecule has 2 aromatic heterocycles. The molecule has 0 saturated carbocycles. The number of piperidine rings is 1. The first-order valence-corrected chi connectivity index (χ1v) is 10.2. The standard InChI is InChI=1S/C21H23N3O2S/c1-14-8-6-7-11-24(14)17(25)12-23-13-22-20-19(21(23)26)18(15(2)27-20)16-9-4-3-5-10-16/h3-5,9-10,13-14H,6-8,11-12H2,1-2H3. The fraction of sp³-hybridized carbons (Fsp3) is 0.381. The molecule has 5 nitrogen and oxygen atoms in total. The van der Waals surface area contributed by atoms with Crippen molar-refractivity contribution in [3.05, 3.63) is 51.9 Å². The first kappa shape index (κ1) is 17.9. The Morgan fingerprint density at radius 2 is 2.04 bits per heavy atom. The minimum absolute atomic E-state index is 0.00124. The van der Waals surface area contributed by atoms with Crippen molar-refractivity contribution in [1.82, 2.24) is 14.5 Å². The molecule has 3 aromatic rings. The van der Waals surface area contributed by atoms with Gasteiger partial charge in [-0.15, -0.1) is 11.3 Å². The first-order valence-electron chi connectivity index (χ1n) is 9.39. The maximum absolute atomic E-state index is 13.2. The Balaban J connectivity index is 1.74. The molecule has 1 aromatic carbocycles. The van der Waals surface area contributed by atoms with Crippen molar-refractivity contribution in [1.29, 1.82) is 0 Å². The van der Waals surface area contributed by atoms with Gasteiger partial charge >= 0.3 is 0 Å². The summed E-state index contributed by atoms with van der Waals surface area (Å²) in [5, 5.41) is 0.616. The van der Waals surface area contributed by atoms with Crippen LogP contribution in [0.1, 0.15) is 31.1 Å². The van der Waals surface area contributed by atoms with Crippen LogP contribution in [0.15, 0.2) is 41.5 Å². The number of rotatable bonds is 3. The molecule has 6 heteroatoms. The molecule has 1 saturated heterocycles. The average Bonchev–Trinajstić information content (AvgIpc) is 3.02. The molecule has 0 radical (unpaired) electrons. The molecule has 0 aliphatic carbocycles. The average molecular weight is 382 g/mol. The zero-order valence-electron chi connectivity index (χ0n) is 15.6. The van der Waals surface area contributed by atoms with E-state index in [-0.39, 0.29) is 24.1 Å². The largest absolute Gasteiger partial charge is 0.338 e. The van der Waals surface area contributed by atoms with Gasteiger partial charge in [-0.25, -0.2) is 4.98 Å². The number of hydrogen-bond acceptors (Lipinski definition) is 4. The molecule has 1 fully saturated rings. The van der Waals surface area contributed by atoms with Gasteiger partial charge < -0.3 is 4.90 Å². The van der Waals surface area contributed by atoms with Crippen LogP contribution in [0.3, 0.4) is 0 Å². The van der Waals surface area contributed by atoms with E-state index in [0.717, 1.165) is 46.6 Å². The summed E-state index contributed by atoms with van der Waals surface area (Å²) >= 11 is 1.52. The summed E-state index contributed by atoms with van der Waals surface area (Å²) in [4.78, 5) is 34.1.